The van der Waals surface area contributed by atoms with Crippen LogP contribution in [-0.2, 0) is 35.5 Å². The summed E-state index contributed by atoms with van der Waals surface area (Å²) in [7, 11) is 0. The Hall–Kier alpha value is -4.66. The molecule has 6 rings (SSSR count). The van der Waals surface area contributed by atoms with Crippen molar-refractivity contribution in [1.82, 2.24) is 19.8 Å². The lowest BCUT2D eigenvalue weighted by molar-refractivity contribution is -0.124. The van der Waals surface area contributed by atoms with Gasteiger partial charge < -0.3 is 10.6 Å². The normalized spacial score (nSPS) is 18.3. The number of hydrogen-bond donors (Lipinski definition) is 3. The van der Waals surface area contributed by atoms with Gasteiger partial charge >= 0.3 is 11.7 Å². The van der Waals surface area contributed by atoms with Crippen molar-refractivity contribution in [3.63, 3.8) is 0 Å². The average molecular weight is 510 g/mol. The zero-order valence-corrected chi connectivity index (χ0v) is 20.9. The van der Waals surface area contributed by atoms with Crippen molar-refractivity contribution < 1.29 is 14.4 Å². The molecular formula is C29H27N5O4. The van der Waals surface area contributed by atoms with E-state index >= 15 is 0 Å². The third-order valence-corrected chi connectivity index (χ3v) is 7.54. The molecule has 1 fully saturated rings. The van der Waals surface area contributed by atoms with Crippen molar-refractivity contribution in [2.24, 2.45) is 0 Å². The number of benzene rings is 3. The monoisotopic (exact) mass is 509 g/mol. The van der Waals surface area contributed by atoms with Crippen LogP contribution in [-0.4, -0.2) is 32.5 Å². The van der Waals surface area contributed by atoms with E-state index in [-0.39, 0.29) is 24.0 Å². The second-order valence-electron chi connectivity index (χ2n) is 10.1. The SMILES string of the molecule is Cc1cccc2c1n(CC(=O)Nc1ccc3c(c1)CCC1(C3)NC(=O)NC1=O)c(=O)n2Cc1ccccc1. The zero-order chi connectivity index (χ0) is 26.4. The molecule has 0 bridgehead atoms. The van der Waals surface area contributed by atoms with Crippen LogP contribution in [0.1, 0.15) is 28.7 Å². The number of rotatable bonds is 5. The van der Waals surface area contributed by atoms with E-state index in [9.17, 15) is 19.2 Å². The van der Waals surface area contributed by atoms with Gasteiger partial charge in [0.2, 0.25) is 5.91 Å². The molecule has 1 aromatic heterocycles. The molecule has 4 amide bonds. The summed E-state index contributed by atoms with van der Waals surface area (Å²) in [6.45, 7) is 2.24. The number of anilines is 1. The highest BCUT2D eigenvalue weighted by molar-refractivity contribution is 6.07. The average Bonchev–Trinajstić information content (AvgIpc) is 3.32. The van der Waals surface area contributed by atoms with Crippen molar-refractivity contribution in [3.05, 3.63) is 99.5 Å². The number of aryl methyl sites for hydroxylation is 2. The van der Waals surface area contributed by atoms with E-state index in [2.05, 4.69) is 16.0 Å². The Labute approximate surface area is 218 Å². The summed E-state index contributed by atoms with van der Waals surface area (Å²) in [6, 6.07) is 20.6. The third-order valence-electron chi connectivity index (χ3n) is 7.54. The number of nitrogens with zero attached hydrogens (tertiary/aromatic N) is 2. The second kappa shape index (κ2) is 9.02. The van der Waals surface area contributed by atoms with E-state index in [4.69, 9.17) is 0 Å². The Kier molecular flexibility index (Phi) is 5.63. The lowest BCUT2D eigenvalue weighted by Crippen LogP contribution is -2.51. The molecule has 1 atom stereocenters. The Bertz CT molecular complexity index is 1670. The number of carbonyl (C=O) groups excluding carboxylic acids is 3. The molecular weight excluding hydrogens is 482 g/mol. The number of imide groups is 1. The molecule has 192 valence electrons. The number of carbonyl (C=O) groups is 3. The predicted octanol–water partition coefficient (Wildman–Crippen LogP) is 2.87. The van der Waals surface area contributed by atoms with Crippen LogP contribution in [0.4, 0.5) is 10.5 Å². The van der Waals surface area contributed by atoms with Gasteiger partial charge in [0.05, 0.1) is 17.6 Å². The zero-order valence-electron chi connectivity index (χ0n) is 20.9. The molecule has 3 aromatic carbocycles. The lowest BCUT2D eigenvalue weighted by Gasteiger charge is -2.32. The predicted molar refractivity (Wildman–Crippen MR) is 143 cm³/mol. The first-order chi connectivity index (χ1) is 18.3. The van der Waals surface area contributed by atoms with Crippen LogP contribution < -0.4 is 21.6 Å². The molecule has 1 saturated heterocycles. The molecule has 9 nitrogen and oxygen atoms in total. The van der Waals surface area contributed by atoms with Crippen LogP contribution in [0.2, 0.25) is 0 Å². The number of aromatic nitrogens is 2. The minimum atomic E-state index is -0.901. The first-order valence-electron chi connectivity index (χ1n) is 12.6. The van der Waals surface area contributed by atoms with Crippen molar-refractivity contribution in [3.8, 4) is 0 Å². The fourth-order valence-electron chi connectivity index (χ4n) is 5.67. The minimum Gasteiger partial charge on any atom is -0.325 e. The molecule has 3 N–H and O–H groups in total. The maximum Gasteiger partial charge on any atom is 0.329 e. The van der Waals surface area contributed by atoms with E-state index in [1.54, 1.807) is 10.6 Å². The van der Waals surface area contributed by atoms with Gasteiger partial charge in [-0.25, -0.2) is 9.59 Å². The topological polar surface area (TPSA) is 114 Å². The largest absolute Gasteiger partial charge is 0.329 e. The molecule has 2 heterocycles. The van der Waals surface area contributed by atoms with E-state index in [1.165, 1.54) is 4.57 Å². The maximum absolute atomic E-state index is 13.5. The number of fused-ring (bicyclic) bond motifs is 2. The number of hydrogen-bond acceptors (Lipinski definition) is 4. The molecule has 0 saturated carbocycles. The van der Waals surface area contributed by atoms with Gasteiger partial charge in [0, 0.05) is 12.1 Å². The van der Waals surface area contributed by atoms with Crippen LogP contribution in [0.15, 0.2) is 71.5 Å². The summed E-state index contributed by atoms with van der Waals surface area (Å²) in [4.78, 5) is 50.6. The quantitative estimate of drug-likeness (QED) is 0.359. The van der Waals surface area contributed by atoms with E-state index in [0.717, 1.165) is 33.3 Å². The van der Waals surface area contributed by atoms with E-state index in [1.807, 2.05) is 67.6 Å². The first-order valence-corrected chi connectivity index (χ1v) is 12.6. The number of para-hydroxylation sites is 1. The molecule has 1 spiro atoms. The lowest BCUT2D eigenvalue weighted by atomic mass is 9.78. The Morgan fingerprint density at radius 3 is 2.55 bits per heavy atom. The summed E-state index contributed by atoms with van der Waals surface area (Å²) in [5, 5.41) is 8.03. The van der Waals surface area contributed by atoms with Crippen LogP contribution >= 0.6 is 0 Å². The van der Waals surface area contributed by atoms with Gasteiger partial charge in [-0.05, 0) is 60.2 Å². The van der Waals surface area contributed by atoms with Crippen LogP contribution in [0.5, 0.6) is 0 Å². The molecule has 0 radical (unpaired) electrons. The first kappa shape index (κ1) is 23.7. The summed E-state index contributed by atoms with van der Waals surface area (Å²) < 4.78 is 3.24. The van der Waals surface area contributed by atoms with Gasteiger partial charge in [0.25, 0.3) is 5.91 Å². The minimum absolute atomic E-state index is 0.117. The molecule has 1 aliphatic heterocycles. The van der Waals surface area contributed by atoms with Gasteiger partial charge in [-0.1, -0.05) is 48.5 Å². The summed E-state index contributed by atoms with van der Waals surface area (Å²) in [6.07, 6.45) is 1.49. The van der Waals surface area contributed by atoms with Gasteiger partial charge in [-0.2, -0.15) is 0 Å². The summed E-state index contributed by atoms with van der Waals surface area (Å²) in [5.41, 5.74) is 4.94. The molecule has 4 aromatic rings. The van der Waals surface area contributed by atoms with Crippen molar-refractivity contribution in [1.29, 1.82) is 0 Å². The molecule has 1 unspecified atom stereocenters. The highest BCUT2D eigenvalue weighted by Crippen LogP contribution is 2.32. The van der Waals surface area contributed by atoms with Crippen molar-refractivity contribution in [2.75, 3.05) is 5.32 Å². The van der Waals surface area contributed by atoms with Crippen LogP contribution in [0, 0.1) is 6.92 Å². The number of imidazole rings is 1. The Balaban J connectivity index is 1.24. The summed E-state index contributed by atoms with van der Waals surface area (Å²) >= 11 is 0. The standard InChI is InChI=1S/C29H27N5O4/c1-18-6-5-9-23-25(18)34(28(38)33(23)16-19-7-3-2-4-8-19)17-24(35)30-22-11-10-21-15-29(13-12-20(21)14-22)26(36)31-27(37)32-29/h2-11,14H,12-13,15-17H2,1H3,(H,30,35)(H2,31,32,36,37). The smallest absolute Gasteiger partial charge is 0.325 e. The van der Waals surface area contributed by atoms with Crippen molar-refractivity contribution in [2.45, 2.75) is 44.8 Å². The number of nitrogens with one attached hydrogen (secondary N) is 3. The van der Waals surface area contributed by atoms with Gasteiger partial charge in [0.1, 0.15) is 12.1 Å². The fraction of sp³-hybridized carbons (Fsp3) is 0.241. The second-order valence-corrected chi connectivity index (χ2v) is 10.1. The van der Waals surface area contributed by atoms with Crippen LogP contribution in [0.25, 0.3) is 11.0 Å². The Morgan fingerprint density at radius 2 is 1.79 bits per heavy atom. The van der Waals surface area contributed by atoms with Crippen molar-refractivity contribution >= 4 is 34.6 Å². The third kappa shape index (κ3) is 4.06. The molecule has 1 aliphatic carbocycles. The molecule has 38 heavy (non-hydrogen) atoms. The van der Waals surface area contributed by atoms with E-state index in [0.29, 0.717) is 31.5 Å². The molecule has 2 aliphatic rings. The van der Waals surface area contributed by atoms with Gasteiger partial charge in [0.15, 0.2) is 0 Å². The van der Waals surface area contributed by atoms with E-state index < -0.39 is 11.6 Å². The fourth-order valence-corrected chi connectivity index (χ4v) is 5.67. The highest BCUT2D eigenvalue weighted by Gasteiger charge is 2.47. The summed E-state index contributed by atoms with van der Waals surface area (Å²) in [5.74, 6) is -0.596. The van der Waals surface area contributed by atoms with Gasteiger partial charge in [-0.3, -0.25) is 24.0 Å². The van der Waals surface area contributed by atoms with Crippen LogP contribution in [0.3, 0.4) is 0 Å². The van der Waals surface area contributed by atoms with Gasteiger partial charge in [-0.15, -0.1) is 0 Å². The highest BCUT2D eigenvalue weighted by atomic mass is 16.2. The Morgan fingerprint density at radius 1 is 0.974 bits per heavy atom. The number of urea groups is 1. The maximum atomic E-state index is 13.5. The molecule has 9 heteroatoms. The number of amides is 4.